The van der Waals surface area contributed by atoms with Gasteiger partial charge in [-0.05, 0) is 19.1 Å². The van der Waals surface area contributed by atoms with Gasteiger partial charge in [-0.15, -0.1) is 0 Å². The second kappa shape index (κ2) is 4.80. The average Bonchev–Trinajstić information content (AvgIpc) is 2.25. The summed E-state index contributed by atoms with van der Waals surface area (Å²) in [5.41, 5.74) is 0.897. The van der Waals surface area contributed by atoms with Crippen molar-refractivity contribution in [3.05, 3.63) is 29.0 Å². The monoisotopic (exact) mass is 239 g/mol. The predicted octanol–water partition coefficient (Wildman–Crippen LogP) is 1.06. The number of carbonyl (C=O) groups is 1. The van der Waals surface area contributed by atoms with Crippen molar-refractivity contribution in [2.24, 2.45) is 0 Å². The molecule has 1 N–H and O–H groups in total. The standard InChI is InChI=1S/C11H14ClN3O/c1-8-11(16)14-4-5-15(8)7-10-6-9(12)2-3-13-10/h2-3,6,8H,4-5,7H2,1H3,(H,14,16). The summed E-state index contributed by atoms with van der Waals surface area (Å²) < 4.78 is 0. The van der Waals surface area contributed by atoms with E-state index in [1.54, 1.807) is 12.3 Å². The maximum Gasteiger partial charge on any atom is 0.237 e. The smallest absolute Gasteiger partial charge is 0.237 e. The van der Waals surface area contributed by atoms with Gasteiger partial charge in [0.15, 0.2) is 0 Å². The summed E-state index contributed by atoms with van der Waals surface area (Å²) in [6.45, 7) is 4.11. The first-order valence-electron chi connectivity index (χ1n) is 5.29. The summed E-state index contributed by atoms with van der Waals surface area (Å²) in [6, 6.07) is 3.48. The quantitative estimate of drug-likeness (QED) is 0.839. The van der Waals surface area contributed by atoms with E-state index in [0.29, 0.717) is 18.1 Å². The van der Waals surface area contributed by atoms with Gasteiger partial charge < -0.3 is 5.32 Å². The topological polar surface area (TPSA) is 45.2 Å². The van der Waals surface area contributed by atoms with Crippen LogP contribution >= 0.6 is 11.6 Å². The first-order valence-corrected chi connectivity index (χ1v) is 5.67. The number of carbonyl (C=O) groups excluding carboxylic acids is 1. The lowest BCUT2D eigenvalue weighted by molar-refractivity contribution is -0.128. The van der Waals surface area contributed by atoms with Crippen LogP contribution < -0.4 is 5.32 Å². The molecule has 1 aromatic heterocycles. The van der Waals surface area contributed by atoms with Crippen molar-refractivity contribution in [1.82, 2.24) is 15.2 Å². The lowest BCUT2D eigenvalue weighted by atomic mass is 10.2. The lowest BCUT2D eigenvalue weighted by Gasteiger charge is -2.32. The Labute approximate surface area is 99.6 Å². The fourth-order valence-electron chi connectivity index (χ4n) is 1.79. The first kappa shape index (κ1) is 11.4. The van der Waals surface area contributed by atoms with E-state index in [9.17, 15) is 4.79 Å². The van der Waals surface area contributed by atoms with Crippen LogP contribution in [0.5, 0.6) is 0 Å². The van der Waals surface area contributed by atoms with E-state index in [0.717, 1.165) is 12.2 Å². The van der Waals surface area contributed by atoms with Gasteiger partial charge in [0.2, 0.25) is 5.91 Å². The van der Waals surface area contributed by atoms with Gasteiger partial charge in [-0.1, -0.05) is 11.6 Å². The zero-order valence-electron chi connectivity index (χ0n) is 9.11. The van der Waals surface area contributed by atoms with Gasteiger partial charge in [0.05, 0.1) is 11.7 Å². The molecule has 1 amide bonds. The summed E-state index contributed by atoms with van der Waals surface area (Å²) >= 11 is 5.89. The molecule has 2 rings (SSSR count). The molecule has 1 saturated heterocycles. The maximum atomic E-state index is 11.5. The van der Waals surface area contributed by atoms with Gasteiger partial charge in [-0.25, -0.2) is 0 Å². The molecule has 0 saturated carbocycles. The summed E-state index contributed by atoms with van der Waals surface area (Å²) in [6.07, 6.45) is 1.69. The highest BCUT2D eigenvalue weighted by atomic mass is 35.5. The van der Waals surface area contributed by atoms with E-state index >= 15 is 0 Å². The summed E-state index contributed by atoms with van der Waals surface area (Å²) in [5, 5.41) is 3.51. The van der Waals surface area contributed by atoms with Gasteiger partial charge in [-0.2, -0.15) is 0 Å². The number of piperazine rings is 1. The fourth-order valence-corrected chi connectivity index (χ4v) is 1.97. The van der Waals surface area contributed by atoms with E-state index in [1.807, 2.05) is 13.0 Å². The van der Waals surface area contributed by atoms with E-state index in [2.05, 4.69) is 15.2 Å². The second-order valence-electron chi connectivity index (χ2n) is 3.90. The van der Waals surface area contributed by atoms with E-state index in [1.165, 1.54) is 0 Å². The molecule has 1 fully saturated rings. The Kier molecular flexibility index (Phi) is 3.41. The number of rotatable bonds is 2. The molecule has 1 aliphatic heterocycles. The molecular formula is C11H14ClN3O. The van der Waals surface area contributed by atoms with Crippen LogP contribution in [-0.2, 0) is 11.3 Å². The molecule has 2 heterocycles. The number of hydrogen-bond acceptors (Lipinski definition) is 3. The van der Waals surface area contributed by atoms with Crippen molar-refractivity contribution in [3.8, 4) is 0 Å². The van der Waals surface area contributed by atoms with E-state index in [4.69, 9.17) is 11.6 Å². The maximum absolute atomic E-state index is 11.5. The SMILES string of the molecule is CC1C(=O)NCCN1Cc1cc(Cl)ccn1. The molecule has 1 unspecified atom stereocenters. The Morgan fingerprint density at radius 3 is 3.25 bits per heavy atom. The lowest BCUT2D eigenvalue weighted by Crippen LogP contribution is -2.53. The van der Waals surface area contributed by atoms with Gasteiger partial charge in [-0.3, -0.25) is 14.7 Å². The van der Waals surface area contributed by atoms with Crippen LogP contribution in [0.4, 0.5) is 0 Å². The Morgan fingerprint density at radius 1 is 1.69 bits per heavy atom. The van der Waals surface area contributed by atoms with Crippen molar-refractivity contribution in [3.63, 3.8) is 0 Å². The minimum absolute atomic E-state index is 0.0771. The summed E-state index contributed by atoms with van der Waals surface area (Å²) in [5.74, 6) is 0.0771. The largest absolute Gasteiger partial charge is 0.353 e. The average molecular weight is 240 g/mol. The number of aromatic nitrogens is 1. The molecule has 5 heteroatoms. The third-order valence-electron chi connectivity index (χ3n) is 2.77. The number of hydrogen-bond donors (Lipinski definition) is 1. The summed E-state index contributed by atoms with van der Waals surface area (Å²) in [7, 11) is 0. The van der Waals surface area contributed by atoms with Gasteiger partial charge in [0, 0.05) is 30.9 Å². The second-order valence-corrected chi connectivity index (χ2v) is 4.34. The van der Waals surface area contributed by atoms with Crippen LogP contribution in [0, 0.1) is 0 Å². The third-order valence-corrected chi connectivity index (χ3v) is 3.00. The van der Waals surface area contributed by atoms with Crippen molar-refractivity contribution in [1.29, 1.82) is 0 Å². The molecule has 0 radical (unpaired) electrons. The number of nitrogens with one attached hydrogen (secondary N) is 1. The third kappa shape index (κ3) is 2.51. The van der Waals surface area contributed by atoms with Crippen LogP contribution in [0.3, 0.4) is 0 Å². The molecule has 0 aliphatic carbocycles. The number of amides is 1. The fraction of sp³-hybridized carbons (Fsp3) is 0.455. The molecule has 1 atom stereocenters. The molecule has 86 valence electrons. The minimum atomic E-state index is -0.102. The van der Waals surface area contributed by atoms with Crippen LogP contribution in [0.15, 0.2) is 18.3 Å². The molecule has 0 aromatic carbocycles. The van der Waals surface area contributed by atoms with Crippen LogP contribution in [-0.4, -0.2) is 34.9 Å². The molecule has 4 nitrogen and oxygen atoms in total. The van der Waals surface area contributed by atoms with Gasteiger partial charge in [0.25, 0.3) is 0 Å². The van der Waals surface area contributed by atoms with Crippen molar-refractivity contribution in [2.45, 2.75) is 19.5 Å². The Bertz CT molecular complexity index is 397. The van der Waals surface area contributed by atoms with Gasteiger partial charge in [0.1, 0.15) is 0 Å². The first-order chi connectivity index (χ1) is 7.66. The highest BCUT2D eigenvalue weighted by molar-refractivity contribution is 6.30. The Morgan fingerprint density at radius 2 is 2.50 bits per heavy atom. The normalized spacial score (nSPS) is 21.9. The Hall–Kier alpha value is -1.13. The van der Waals surface area contributed by atoms with Crippen LogP contribution in [0.2, 0.25) is 5.02 Å². The van der Waals surface area contributed by atoms with Crippen LogP contribution in [0.25, 0.3) is 0 Å². The van der Waals surface area contributed by atoms with E-state index < -0.39 is 0 Å². The molecule has 0 spiro atoms. The summed E-state index contributed by atoms with van der Waals surface area (Å²) in [4.78, 5) is 17.8. The number of halogens is 1. The van der Waals surface area contributed by atoms with Crippen molar-refractivity contribution >= 4 is 17.5 Å². The molecule has 16 heavy (non-hydrogen) atoms. The number of pyridine rings is 1. The van der Waals surface area contributed by atoms with Crippen molar-refractivity contribution in [2.75, 3.05) is 13.1 Å². The van der Waals surface area contributed by atoms with Crippen LogP contribution in [0.1, 0.15) is 12.6 Å². The molecular weight excluding hydrogens is 226 g/mol. The van der Waals surface area contributed by atoms with Crippen molar-refractivity contribution < 1.29 is 4.79 Å². The number of nitrogens with zero attached hydrogens (tertiary/aromatic N) is 2. The molecule has 1 aromatic rings. The highest BCUT2D eigenvalue weighted by Crippen LogP contribution is 2.12. The Balaban J connectivity index is 2.06. The van der Waals surface area contributed by atoms with Gasteiger partial charge >= 0.3 is 0 Å². The molecule has 0 bridgehead atoms. The zero-order chi connectivity index (χ0) is 11.5. The van der Waals surface area contributed by atoms with E-state index in [-0.39, 0.29) is 11.9 Å². The minimum Gasteiger partial charge on any atom is -0.353 e. The zero-order valence-corrected chi connectivity index (χ0v) is 9.87. The predicted molar refractivity (Wildman–Crippen MR) is 62.1 cm³/mol. The molecule has 1 aliphatic rings. The highest BCUT2D eigenvalue weighted by Gasteiger charge is 2.25.